The molecule has 0 spiro atoms. The van der Waals surface area contributed by atoms with Crippen LogP contribution in [0.5, 0.6) is 5.75 Å². The molecule has 0 amide bonds. The highest BCUT2D eigenvalue weighted by atomic mass is 32.1. The number of benzene rings is 3. The van der Waals surface area contributed by atoms with E-state index in [0.717, 1.165) is 15.2 Å². The van der Waals surface area contributed by atoms with Gasteiger partial charge in [-0.3, -0.25) is 4.79 Å². The monoisotopic (exact) mass is 403 g/mol. The topological polar surface area (TPSA) is 65.5 Å². The van der Waals surface area contributed by atoms with E-state index in [4.69, 9.17) is 9.47 Å². The summed E-state index contributed by atoms with van der Waals surface area (Å²) in [5.41, 5.74) is 2.08. The Morgan fingerprint density at radius 1 is 0.828 bits per heavy atom. The number of carbonyl (C=O) groups excluding carboxylic acids is 2. The number of aromatic nitrogens is 1. The first-order valence-corrected chi connectivity index (χ1v) is 9.83. The van der Waals surface area contributed by atoms with Crippen LogP contribution in [0.25, 0.3) is 10.2 Å². The van der Waals surface area contributed by atoms with Crippen LogP contribution in [0.1, 0.15) is 20.9 Å². The quantitative estimate of drug-likeness (QED) is 0.332. The highest BCUT2D eigenvalue weighted by Crippen LogP contribution is 2.22. The molecule has 1 aromatic heterocycles. The second-order valence-corrected chi connectivity index (χ2v) is 7.36. The van der Waals surface area contributed by atoms with E-state index in [-0.39, 0.29) is 19.0 Å². The van der Waals surface area contributed by atoms with Crippen molar-refractivity contribution in [3.8, 4) is 5.75 Å². The molecule has 0 radical (unpaired) electrons. The molecular formula is C23H17NO4S. The van der Waals surface area contributed by atoms with Crippen LogP contribution >= 0.6 is 11.3 Å². The van der Waals surface area contributed by atoms with Crippen LogP contribution in [-0.2, 0) is 16.1 Å². The van der Waals surface area contributed by atoms with E-state index >= 15 is 0 Å². The summed E-state index contributed by atoms with van der Waals surface area (Å²) in [5, 5.41) is 0.739. The highest BCUT2D eigenvalue weighted by Gasteiger charge is 2.10. The van der Waals surface area contributed by atoms with Crippen molar-refractivity contribution in [3.05, 3.63) is 95.0 Å². The molecule has 0 unspecified atom stereocenters. The van der Waals surface area contributed by atoms with Crippen LogP contribution in [0, 0.1) is 0 Å². The Labute approximate surface area is 171 Å². The van der Waals surface area contributed by atoms with E-state index in [1.807, 2.05) is 42.5 Å². The van der Waals surface area contributed by atoms with E-state index in [1.54, 1.807) is 36.4 Å². The number of fused-ring (bicyclic) bond motifs is 1. The molecule has 0 aliphatic rings. The van der Waals surface area contributed by atoms with Gasteiger partial charge in [-0.05, 0) is 36.4 Å². The average Bonchev–Trinajstić information content (AvgIpc) is 3.20. The predicted octanol–water partition coefficient (Wildman–Crippen LogP) is 4.65. The van der Waals surface area contributed by atoms with Gasteiger partial charge in [-0.1, -0.05) is 42.5 Å². The third kappa shape index (κ3) is 4.67. The van der Waals surface area contributed by atoms with Gasteiger partial charge in [-0.25, -0.2) is 9.78 Å². The molecule has 0 aliphatic heterocycles. The van der Waals surface area contributed by atoms with Crippen molar-refractivity contribution >= 4 is 33.3 Å². The molecule has 3 aromatic carbocycles. The molecule has 0 aliphatic carbocycles. The van der Waals surface area contributed by atoms with Crippen LogP contribution in [-0.4, -0.2) is 23.3 Å². The number of ketones is 1. The number of esters is 1. The van der Waals surface area contributed by atoms with E-state index in [2.05, 4.69) is 4.98 Å². The molecule has 0 saturated heterocycles. The molecule has 4 rings (SSSR count). The summed E-state index contributed by atoms with van der Waals surface area (Å²) in [6, 6.07) is 23.5. The van der Waals surface area contributed by atoms with Gasteiger partial charge in [0.25, 0.3) is 0 Å². The standard InChI is InChI=1S/C23H17NO4S/c25-22(28-14-21-24-19-8-4-5-9-20(19)29-21)15-27-18-12-10-17(11-13-18)23(26)16-6-2-1-3-7-16/h1-13H,14-15H2. The lowest BCUT2D eigenvalue weighted by molar-refractivity contribution is -0.147. The molecular weight excluding hydrogens is 386 g/mol. The Morgan fingerprint density at radius 3 is 2.28 bits per heavy atom. The normalized spacial score (nSPS) is 10.6. The van der Waals surface area contributed by atoms with E-state index in [0.29, 0.717) is 16.9 Å². The third-order valence-electron chi connectivity index (χ3n) is 4.20. The molecule has 1 heterocycles. The summed E-state index contributed by atoms with van der Waals surface area (Å²) in [6.07, 6.45) is 0. The van der Waals surface area contributed by atoms with Crippen molar-refractivity contribution < 1.29 is 19.1 Å². The molecule has 144 valence electrons. The lowest BCUT2D eigenvalue weighted by Gasteiger charge is -2.07. The Bertz CT molecular complexity index is 1100. The van der Waals surface area contributed by atoms with Crippen molar-refractivity contribution in [3.63, 3.8) is 0 Å². The molecule has 0 bridgehead atoms. The first-order chi connectivity index (χ1) is 14.2. The first-order valence-electron chi connectivity index (χ1n) is 9.02. The molecule has 5 nitrogen and oxygen atoms in total. The molecule has 29 heavy (non-hydrogen) atoms. The minimum absolute atomic E-state index is 0.0626. The number of nitrogens with zero attached hydrogens (tertiary/aromatic N) is 1. The summed E-state index contributed by atoms with van der Waals surface area (Å²) >= 11 is 1.50. The molecule has 0 saturated carbocycles. The van der Waals surface area contributed by atoms with E-state index in [9.17, 15) is 9.59 Å². The lowest BCUT2D eigenvalue weighted by Crippen LogP contribution is -2.14. The second kappa shape index (κ2) is 8.67. The van der Waals surface area contributed by atoms with Gasteiger partial charge >= 0.3 is 5.97 Å². The number of rotatable bonds is 7. The SMILES string of the molecule is O=C(COc1ccc(C(=O)c2ccccc2)cc1)OCc1nc2ccccc2s1. The second-order valence-electron chi connectivity index (χ2n) is 6.24. The largest absolute Gasteiger partial charge is 0.482 e. The zero-order valence-electron chi connectivity index (χ0n) is 15.4. The summed E-state index contributed by atoms with van der Waals surface area (Å²) in [5.74, 6) is -0.0485. The number of hydrogen-bond donors (Lipinski definition) is 0. The number of ether oxygens (including phenoxy) is 2. The maximum atomic E-state index is 12.4. The van der Waals surface area contributed by atoms with Gasteiger partial charge in [0, 0.05) is 11.1 Å². The Kier molecular flexibility index (Phi) is 5.63. The smallest absolute Gasteiger partial charge is 0.344 e. The van der Waals surface area contributed by atoms with Crippen molar-refractivity contribution in [2.45, 2.75) is 6.61 Å². The maximum absolute atomic E-state index is 12.4. The predicted molar refractivity (Wildman–Crippen MR) is 111 cm³/mol. The van der Waals surface area contributed by atoms with Crippen molar-refractivity contribution in [2.24, 2.45) is 0 Å². The fourth-order valence-corrected chi connectivity index (χ4v) is 3.65. The molecule has 0 N–H and O–H groups in total. The summed E-state index contributed by atoms with van der Waals surface area (Å²) in [4.78, 5) is 28.8. The molecule has 0 fully saturated rings. The first kappa shape index (κ1) is 18.8. The van der Waals surface area contributed by atoms with Crippen LogP contribution in [0.3, 0.4) is 0 Å². The fraction of sp³-hybridized carbons (Fsp3) is 0.0870. The van der Waals surface area contributed by atoms with E-state index < -0.39 is 5.97 Å². The van der Waals surface area contributed by atoms with Gasteiger partial charge in [0.2, 0.25) is 0 Å². The number of carbonyl (C=O) groups is 2. The van der Waals surface area contributed by atoms with Gasteiger partial charge in [0.15, 0.2) is 12.4 Å². The number of para-hydroxylation sites is 1. The van der Waals surface area contributed by atoms with Crippen molar-refractivity contribution in [1.29, 1.82) is 0 Å². The number of hydrogen-bond acceptors (Lipinski definition) is 6. The van der Waals surface area contributed by atoms with Gasteiger partial charge in [-0.15, -0.1) is 11.3 Å². The Hall–Kier alpha value is -3.51. The van der Waals surface area contributed by atoms with Crippen LogP contribution in [0.15, 0.2) is 78.9 Å². The Balaban J connectivity index is 1.28. The molecule has 4 aromatic rings. The van der Waals surface area contributed by atoms with Crippen LogP contribution in [0.4, 0.5) is 0 Å². The fourth-order valence-electron chi connectivity index (χ4n) is 2.77. The minimum Gasteiger partial charge on any atom is -0.482 e. The minimum atomic E-state index is -0.478. The lowest BCUT2D eigenvalue weighted by atomic mass is 10.0. The zero-order chi connectivity index (χ0) is 20.1. The third-order valence-corrected chi connectivity index (χ3v) is 5.21. The van der Waals surface area contributed by atoms with Crippen LogP contribution in [0.2, 0.25) is 0 Å². The summed E-state index contributed by atoms with van der Waals surface area (Å²) < 4.78 is 11.7. The maximum Gasteiger partial charge on any atom is 0.344 e. The zero-order valence-corrected chi connectivity index (χ0v) is 16.2. The van der Waals surface area contributed by atoms with Crippen molar-refractivity contribution in [1.82, 2.24) is 4.98 Å². The van der Waals surface area contributed by atoms with Crippen molar-refractivity contribution in [2.75, 3.05) is 6.61 Å². The highest BCUT2D eigenvalue weighted by molar-refractivity contribution is 7.18. The van der Waals surface area contributed by atoms with Gasteiger partial charge in [0.1, 0.15) is 17.4 Å². The Morgan fingerprint density at radius 2 is 1.52 bits per heavy atom. The summed E-state index contributed by atoms with van der Waals surface area (Å²) in [6.45, 7) is -0.0943. The van der Waals surface area contributed by atoms with E-state index in [1.165, 1.54) is 11.3 Å². The summed E-state index contributed by atoms with van der Waals surface area (Å²) in [7, 11) is 0. The average molecular weight is 403 g/mol. The van der Waals surface area contributed by atoms with Gasteiger partial charge < -0.3 is 9.47 Å². The molecule has 0 atom stereocenters. The molecule has 6 heteroatoms. The van der Waals surface area contributed by atoms with Gasteiger partial charge in [0.05, 0.1) is 10.2 Å². The number of thiazole rings is 1. The van der Waals surface area contributed by atoms with Gasteiger partial charge in [-0.2, -0.15) is 0 Å². The van der Waals surface area contributed by atoms with Crippen LogP contribution < -0.4 is 4.74 Å².